The topological polar surface area (TPSA) is 33.2 Å². The largest absolute Gasteiger partial charge is 0.341 e. The van der Waals surface area contributed by atoms with Crippen LogP contribution >= 0.6 is 22.9 Å². The average Bonchev–Trinajstić information content (AvgIpc) is 3.05. The van der Waals surface area contributed by atoms with Crippen LogP contribution < -0.4 is 0 Å². The van der Waals surface area contributed by atoms with Gasteiger partial charge < -0.3 is 4.90 Å². The SMILES string of the molecule is CN(Cc1ccc(F)cc1)C(=O)Cc1csc(-c2ccccc2Cl)n1. The molecule has 0 unspecified atom stereocenters. The van der Waals surface area contributed by atoms with Gasteiger partial charge in [-0.15, -0.1) is 11.3 Å². The summed E-state index contributed by atoms with van der Waals surface area (Å²) in [6.45, 7) is 0.431. The maximum atomic E-state index is 12.9. The van der Waals surface area contributed by atoms with Crippen molar-refractivity contribution < 1.29 is 9.18 Å². The predicted molar refractivity (Wildman–Crippen MR) is 99.1 cm³/mol. The zero-order valence-corrected chi connectivity index (χ0v) is 15.1. The summed E-state index contributed by atoms with van der Waals surface area (Å²) in [6, 6.07) is 13.6. The zero-order chi connectivity index (χ0) is 17.8. The van der Waals surface area contributed by atoms with E-state index >= 15 is 0 Å². The van der Waals surface area contributed by atoms with Crippen molar-refractivity contribution in [2.45, 2.75) is 13.0 Å². The van der Waals surface area contributed by atoms with Crippen molar-refractivity contribution in [1.82, 2.24) is 9.88 Å². The minimum absolute atomic E-state index is 0.0414. The highest BCUT2D eigenvalue weighted by Crippen LogP contribution is 2.30. The monoisotopic (exact) mass is 374 g/mol. The molecule has 0 spiro atoms. The maximum Gasteiger partial charge on any atom is 0.228 e. The normalized spacial score (nSPS) is 10.7. The number of nitrogens with zero attached hydrogens (tertiary/aromatic N) is 2. The predicted octanol–water partition coefficient (Wildman–Crippen LogP) is 4.80. The summed E-state index contributed by atoms with van der Waals surface area (Å²) >= 11 is 7.66. The molecule has 0 N–H and O–H groups in total. The smallest absolute Gasteiger partial charge is 0.228 e. The molecule has 3 rings (SSSR count). The number of rotatable bonds is 5. The van der Waals surface area contributed by atoms with Crippen molar-refractivity contribution >= 4 is 28.8 Å². The third kappa shape index (κ3) is 4.44. The number of halogens is 2. The maximum absolute atomic E-state index is 12.9. The summed E-state index contributed by atoms with van der Waals surface area (Å²) in [4.78, 5) is 18.5. The minimum atomic E-state index is -0.285. The highest BCUT2D eigenvalue weighted by Gasteiger charge is 2.14. The van der Waals surface area contributed by atoms with Gasteiger partial charge in [-0.1, -0.05) is 41.9 Å². The van der Waals surface area contributed by atoms with Crippen LogP contribution in [0.4, 0.5) is 4.39 Å². The summed E-state index contributed by atoms with van der Waals surface area (Å²) in [5, 5.41) is 3.32. The van der Waals surface area contributed by atoms with E-state index in [-0.39, 0.29) is 18.1 Å². The molecule has 2 aromatic carbocycles. The van der Waals surface area contributed by atoms with Crippen LogP contribution in [-0.2, 0) is 17.8 Å². The fraction of sp³-hybridized carbons (Fsp3) is 0.158. The number of aromatic nitrogens is 1. The van der Waals surface area contributed by atoms with E-state index < -0.39 is 0 Å². The third-order valence-electron chi connectivity index (χ3n) is 3.75. The molecule has 3 aromatic rings. The first-order valence-corrected chi connectivity index (χ1v) is 8.96. The van der Waals surface area contributed by atoms with Gasteiger partial charge in [0.05, 0.1) is 17.1 Å². The summed E-state index contributed by atoms with van der Waals surface area (Å²) in [5.41, 5.74) is 2.47. The van der Waals surface area contributed by atoms with Crippen molar-refractivity contribution in [3.8, 4) is 10.6 Å². The lowest BCUT2D eigenvalue weighted by atomic mass is 10.2. The Morgan fingerprint density at radius 3 is 2.64 bits per heavy atom. The average molecular weight is 375 g/mol. The van der Waals surface area contributed by atoms with Crippen molar-refractivity contribution in [3.63, 3.8) is 0 Å². The molecule has 0 aliphatic carbocycles. The molecule has 0 fully saturated rings. The van der Waals surface area contributed by atoms with Gasteiger partial charge in [-0.25, -0.2) is 9.37 Å². The van der Waals surface area contributed by atoms with E-state index in [1.807, 2.05) is 29.6 Å². The van der Waals surface area contributed by atoms with Crippen LogP contribution in [0.2, 0.25) is 5.02 Å². The number of amides is 1. The van der Waals surface area contributed by atoms with Crippen LogP contribution in [0.3, 0.4) is 0 Å². The molecule has 0 atom stereocenters. The van der Waals surface area contributed by atoms with E-state index in [0.29, 0.717) is 11.6 Å². The van der Waals surface area contributed by atoms with E-state index in [1.54, 1.807) is 24.1 Å². The van der Waals surface area contributed by atoms with E-state index in [4.69, 9.17) is 11.6 Å². The lowest BCUT2D eigenvalue weighted by molar-refractivity contribution is -0.129. The van der Waals surface area contributed by atoms with Crippen LogP contribution in [0, 0.1) is 5.82 Å². The standard InChI is InChI=1S/C19H16ClFN2OS/c1-23(11-13-6-8-14(21)9-7-13)18(24)10-15-12-25-19(22-15)16-4-2-3-5-17(16)20/h2-9,12H,10-11H2,1H3. The summed E-state index contributed by atoms with van der Waals surface area (Å²) in [7, 11) is 1.73. The van der Waals surface area contributed by atoms with E-state index in [9.17, 15) is 9.18 Å². The first kappa shape index (κ1) is 17.6. The highest BCUT2D eigenvalue weighted by atomic mass is 35.5. The fourth-order valence-corrected chi connectivity index (χ4v) is 3.53. The Bertz CT molecular complexity index is 879. The number of carbonyl (C=O) groups is 1. The molecule has 6 heteroatoms. The summed E-state index contributed by atoms with van der Waals surface area (Å²) in [5.74, 6) is -0.326. The lowest BCUT2D eigenvalue weighted by Crippen LogP contribution is -2.27. The first-order valence-electron chi connectivity index (χ1n) is 7.70. The quantitative estimate of drug-likeness (QED) is 0.642. The fourth-order valence-electron chi connectivity index (χ4n) is 2.39. The van der Waals surface area contributed by atoms with Gasteiger partial charge in [0, 0.05) is 24.5 Å². The molecule has 1 heterocycles. The molecular weight excluding hydrogens is 359 g/mol. The molecule has 0 aliphatic rings. The van der Waals surface area contributed by atoms with Gasteiger partial charge in [0.25, 0.3) is 0 Å². The second-order valence-corrected chi connectivity index (χ2v) is 6.94. The number of hydrogen-bond acceptors (Lipinski definition) is 3. The Morgan fingerprint density at radius 1 is 1.20 bits per heavy atom. The Hall–Kier alpha value is -2.24. The second kappa shape index (κ2) is 7.76. The molecule has 128 valence electrons. The van der Waals surface area contributed by atoms with Gasteiger partial charge in [-0.3, -0.25) is 4.79 Å². The Labute approximate surface area is 154 Å². The van der Waals surface area contributed by atoms with Gasteiger partial charge in [-0.05, 0) is 23.8 Å². The lowest BCUT2D eigenvalue weighted by Gasteiger charge is -2.16. The molecule has 0 radical (unpaired) electrons. The van der Waals surface area contributed by atoms with Crippen LogP contribution in [-0.4, -0.2) is 22.8 Å². The molecule has 1 aromatic heterocycles. The van der Waals surface area contributed by atoms with Crippen molar-refractivity contribution in [2.24, 2.45) is 0 Å². The van der Waals surface area contributed by atoms with Gasteiger partial charge in [0.2, 0.25) is 5.91 Å². The first-order chi connectivity index (χ1) is 12.0. The van der Waals surface area contributed by atoms with Crippen molar-refractivity contribution in [3.05, 3.63) is 76.0 Å². The molecule has 0 saturated heterocycles. The van der Waals surface area contributed by atoms with Crippen LogP contribution in [0.25, 0.3) is 10.6 Å². The van der Waals surface area contributed by atoms with Crippen LogP contribution in [0.5, 0.6) is 0 Å². The number of hydrogen-bond donors (Lipinski definition) is 0. The molecule has 3 nitrogen and oxygen atoms in total. The van der Waals surface area contributed by atoms with Gasteiger partial charge in [0.1, 0.15) is 10.8 Å². The number of thiazole rings is 1. The molecule has 25 heavy (non-hydrogen) atoms. The molecular formula is C19H16ClFN2OS. The molecule has 0 saturated carbocycles. The van der Waals surface area contributed by atoms with E-state index in [1.165, 1.54) is 23.5 Å². The van der Waals surface area contributed by atoms with Crippen LogP contribution in [0.15, 0.2) is 53.9 Å². The van der Waals surface area contributed by atoms with Gasteiger partial charge in [0.15, 0.2) is 0 Å². The zero-order valence-electron chi connectivity index (χ0n) is 13.6. The second-order valence-electron chi connectivity index (χ2n) is 5.68. The summed E-state index contributed by atoms with van der Waals surface area (Å²) in [6.07, 6.45) is 0.221. The van der Waals surface area contributed by atoms with Crippen molar-refractivity contribution in [2.75, 3.05) is 7.05 Å². The van der Waals surface area contributed by atoms with Crippen molar-refractivity contribution in [1.29, 1.82) is 0 Å². The molecule has 0 aliphatic heterocycles. The number of carbonyl (C=O) groups excluding carboxylic acids is 1. The van der Waals surface area contributed by atoms with Gasteiger partial charge in [-0.2, -0.15) is 0 Å². The van der Waals surface area contributed by atoms with Crippen LogP contribution in [0.1, 0.15) is 11.3 Å². The number of likely N-dealkylation sites (N-methyl/N-ethyl adjacent to an activating group) is 1. The summed E-state index contributed by atoms with van der Waals surface area (Å²) < 4.78 is 12.9. The van der Waals surface area contributed by atoms with E-state index in [2.05, 4.69) is 4.98 Å². The Morgan fingerprint density at radius 2 is 1.92 bits per heavy atom. The van der Waals surface area contributed by atoms with E-state index in [0.717, 1.165) is 21.8 Å². The third-order valence-corrected chi connectivity index (χ3v) is 5.00. The minimum Gasteiger partial charge on any atom is -0.341 e. The molecule has 1 amide bonds. The Balaban J connectivity index is 1.65. The molecule has 0 bridgehead atoms. The Kier molecular flexibility index (Phi) is 5.46. The number of benzene rings is 2. The highest BCUT2D eigenvalue weighted by molar-refractivity contribution is 7.13. The van der Waals surface area contributed by atoms with Gasteiger partial charge >= 0.3 is 0 Å².